The number of Topliss-reactive ketones (excluding diaryl/α,β-unsaturated/α-hetero) is 1. The number of carbonyl (C=O) groups excluding carboxylic acids is 1. The van der Waals surface area contributed by atoms with Crippen molar-refractivity contribution in [3.8, 4) is 0 Å². The predicted molar refractivity (Wildman–Crippen MR) is 71.2 cm³/mol. The van der Waals surface area contributed by atoms with Gasteiger partial charge in [-0.05, 0) is 24.5 Å². The summed E-state index contributed by atoms with van der Waals surface area (Å²) in [6.45, 7) is 1.73. The normalized spacial score (nSPS) is 13.4. The van der Waals surface area contributed by atoms with Gasteiger partial charge in [0, 0.05) is 19.4 Å². The van der Waals surface area contributed by atoms with Crippen LogP contribution in [0.1, 0.15) is 25.3 Å². The highest BCUT2D eigenvalue weighted by molar-refractivity contribution is 5.95. The summed E-state index contributed by atoms with van der Waals surface area (Å²) in [5.74, 6) is -0.0534. The highest BCUT2D eigenvalue weighted by Crippen LogP contribution is 2.12. The Morgan fingerprint density at radius 1 is 1.33 bits per heavy atom. The van der Waals surface area contributed by atoms with Crippen molar-refractivity contribution in [2.75, 3.05) is 6.61 Å². The van der Waals surface area contributed by atoms with Gasteiger partial charge in [0.15, 0.2) is 5.78 Å². The summed E-state index contributed by atoms with van der Waals surface area (Å²) in [4.78, 5) is 12.0. The van der Waals surface area contributed by atoms with Gasteiger partial charge in [0.1, 0.15) is 0 Å². The van der Waals surface area contributed by atoms with Gasteiger partial charge < -0.3 is 10.2 Å². The largest absolute Gasteiger partial charge is 0.396 e. The molecule has 0 heterocycles. The number of ketones is 1. The molecule has 1 rings (SSSR count). The maximum atomic E-state index is 12.0. The van der Waals surface area contributed by atoms with Crippen molar-refractivity contribution in [1.29, 1.82) is 0 Å². The first-order valence-corrected chi connectivity index (χ1v) is 6.18. The molecule has 0 spiro atoms. The van der Waals surface area contributed by atoms with Crippen molar-refractivity contribution >= 4 is 5.78 Å². The monoisotopic (exact) mass is 248 g/mol. The molecular weight excluding hydrogens is 228 g/mol. The number of hydrogen-bond acceptors (Lipinski definition) is 3. The van der Waals surface area contributed by atoms with Crippen molar-refractivity contribution in [2.24, 2.45) is 0 Å². The second-order valence-electron chi connectivity index (χ2n) is 4.27. The second-order valence-corrected chi connectivity index (χ2v) is 4.27. The third-order valence-corrected chi connectivity index (χ3v) is 2.83. The van der Waals surface area contributed by atoms with Gasteiger partial charge in [-0.25, -0.2) is 0 Å². The van der Waals surface area contributed by atoms with Crippen LogP contribution in [0.4, 0.5) is 0 Å². The average molecular weight is 248 g/mol. The molecule has 0 aliphatic heterocycles. The van der Waals surface area contributed by atoms with E-state index in [2.05, 4.69) is 0 Å². The Labute approximate surface area is 108 Å². The van der Waals surface area contributed by atoms with Crippen LogP contribution in [0.15, 0.2) is 42.0 Å². The minimum atomic E-state index is -0.756. The molecular formula is C15H20O3. The van der Waals surface area contributed by atoms with Crippen LogP contribution in [-0.4, -0.2) is 28.7 Å². The van der Waals surface area contributed by atoms with E-state index in [1.807, 2.05) is 37.3 Å². The number of aliphatic hydroxyl groups excluding tert-OH is 2. The first-order chi connectivity index (χ1) is 8.67. The summed E-state index contributed by atoms with van der Waals surface area (Å²) in [7, 11) is 0. The number of aliphatic hydroxyl groups is 2. The molecule has 2 N–H and O–H groups in total. The van der Waals surface area contributed by atoms with E-state index in [4.69, 9.17) is 5.11 Å². The van der Waals surface area contributed by atoms with Crippen molar-refractivity contribution in [3.05, 3.63) is 47.5 Å². The quantitative estimate of drug-likeness (QED) is 0.724. The first-order valence-electron chi connectivity index (χ1n) is 6.18. The van der Waals surface area contributed by atoms with Gasteiger partial charge >= 0.3 is 0 Å². The third kappa shape index (κ3) is 4.82. The van der Waals surface area contributed by atoms with E-state index in [0.717, 1.165) is 5.56 Å². The van der Waals surface area contributed by atoms with Gasteiger partial charge in [0.25, 0.3) is 0 Å². The minimum absolute atomic E-state index is 0.0534. The lowest BCUT2D eigenvalue weighted by Gasteiger charge is -2.10. The summed E-state index contributed by atoms with van der Waals surface area (Å²) < 4.78 is 0. The minimum Gasteiger partial charge on any atom is -0.396 e. The molecule has 0 aliphatic rings. The number of benzene rings is 1. The van der Waals surface area contributed by atoms with Crippen LogP contribution in [-0.2, 0) is 11.2 Å². The molecule has 1 unspecified atom stereocenters. The third-order valence-electron chi connectivity index (χ3n) is 2.83. The van der Waals surface area contributed by atoms with E-state index in [9.17, 15) is 9.90 Å². The van der Waals surface area contributed by atoms with Crippen LogP contribution < -0.4 is 0 Å². The zero-order valence-electron chi connectivity index (χ0n) is 10.7. The lowest BCUT2D eigenvalue weighted by Crippen LogP contribution is -2.17. The first kappa shape index (κ1) is 14.6. The summed E-state index contributed by atoms with van der Waals surface area (Å²) in [6, 6.07) is 9.76. The molecule has 0 saturated heterocycles. The predicted octanol–water partition coefficient (Wildman–Crippen LogP) is 1.88. The van der Waals surface area contributed by atoms with E-state index < -0.39 is 6.10 Å². The SMILES string of the molecule is CC=C(Cc1ccccc1)C(=O)CC(O)CCO. The zero-order chi connectivity index (χ0) is 13.4. The number of allylic oxidation sites excluding steroid dienone is 2. The topological polar surface area (TPSA) is 57.5 Å². The number of hydrogen-bond donors (Lipinski definition) is 2. The number of rotatable bonds is 7. The molecule has 0 amide bonds. The van der Waals surface area contributed by atoms with Gasteiger partial charge in [-0.2, -0.15) is 0 Å². The van der Waals surface area contributed by atoms with E-state index in [-0.39, 0.29) is 25.2 Å². The molecule has 0 saturated carbocycles. The highest BCUT2D eigenvalue weighted by Gasteiger charge is 2.14. The van der Waals surface area contributed by atoms with Crippen LogP contribution in [0, 0.1) is 0 Å². The molecule has 1 atom stereocenters. The van der Waals surface area contributed by atoms with Crippen molar-refractivity contribution in [1.82, 2.24) is 0 Å². The Kier molecular flexibility index (Phi) is 6.33. The van der Waals surface area contributed by atoms with Gasteiger partial charge in [0.05, 0.1) is 6.10 Å². The molecule has 1 aromatic rings. The fourth-order valence-corrected chi connectivity index (χ4v) is 1.77. The molecule has 0 aromatic heterocycles. The smallest absolute Gasteiger partial charge is 0.161 e. The number of carbonyl (C=O) groups is 1. The Morgan fingerprint density at radius 2 is 2.00 bits per heavy atom. The van der Waals surface area contributed by atoms with Crippen molar-refractivity contribution in [3.63, 3.8) is 0 Å². The summed E-state index contributed by atoms with van der Waals surface area (Å²) in [5.41, 5.74) is 1.79. The Morgan fingerprint density at radius 3 is 2.56 bits per heavy atom. The van der Waals surface area contributed by atoms with E-state index in [1.165, 1.54) is 0 Å². The molecule has 3 heteroatoms. The van der Waals surface area contributed by atoms with Gasteiger partial charge in [-0.15, -0.1) is 0 Å². The zero-order valence-corrected chi connectivity index (χ0v) is 10.7. The van der Waals surface area contributed by atoms with Crippen LogP contribution in [0.5, 0.6) is 0 Å². The second kappa shape index (κ2) is 7.80. The standard InChI is InChI=1S/C15H20O3/c1-2-13(10-12-6-4-3-5-7-12)15(18)11-14(17)8-9-16/h2-7,14,16-17H,8-11H2,1H3. The van der Waals surface area contributed by atoms with Crippen LogP contribution in [0.3, 0.4) is 0 Å². The molecule has 0 bridgehead atoms. The van der Waals surface area contributed by atoms with Crippen LogP contribution in [0.25, 0.3) is 0 Å². The van der Waals surface area contributed by atoms with Crippen molar-refractivity contribution in [2.45, 2.75) is 32.3 Å². The fraction of sp³-hybridized carbons (Fsp3) is 0.400. The average Bonchev–Trinajstić information content (AvgIpc) is 2.37. The maximum absolute atomic E-state index is 12.0. The van der Waals surface area contributed by atoms with Crippen LogP contribution in [0.2, 0.25) is 0 Å². The maximum Gasteiger partial charge on any atom is 0.161 e. The molecule has 0 radical (unpaired) electrons. The highest BCUT2D eigenvalue weighted by atomic mass is 16.3. The molecule has 0 aliphatic carbocycles. The van der Waals surface area contributed by atoms with E-state index in [0.29, 0.717) is 12.0 Å². The van der Waals surface area contributed by atoms with E-state index >= 15 is 0 Å². The fourth-order valence-electron chi connectivity index (χ4n) is 1.77. The molecule has 3 nitrogen and oxygen atoms in total. The van der Waals surface area contributed by atoms with Crippen LogP contribution >= 0.6 is 0 Å². The summed E-state index contributed by atoms with van der Waals surface area (Å²) >= 11 is 0. The summed E-state index contributed by atoms with van der Waals surface area (Å²) in [6.07, 6.45) is 1.94. The molecule has 0 fully saturated rings. The Hall–Kier alpha value is -1.45. The lowest BCUT2D eigenvalue weighted by atomic mass is 9.97. The van der Waals surface area contributed by atoms with Gasteiger partial charge in [-0.1, -0.05) is 36.4 Å². The van der Waals surface area contributed by atoms with Gasteiger partial charge in [-0.3, -0.25) is 4.79 Å². The van der Waals surface area contributed by atoms with Crippen molar-refractivity contribution < 1.29 is 15.0 Å². The Balaban J connectivity index is 2.59. The molecule has 98 valence electrons. The molecule has 1 aromatic carbocycles. The van der Waals surface area contributed by atoms with Gasteiger partial charge in [0.2, 0.25) is 0 Å². The summed E-state index contributed by atoms with van der Waals surface area (Å²) in [5, 5.41) is 18.2. The van der Waals surface area contributed by atoms with E-state index in [1.54, 1.807) is 6.08 Å². The Bertz CT molecular complexity index is 395. The molecule has 18 heavy (non-hydrogen) atoms. The lowest BCUT2D eigenvalue weighted by molar-refractivity contribution is -0.117.